The van der Waals surface area contributed by atoms with E-state index in [-0.39, 0.29) is 5.60 Å². The van der Waals surface area contributed by atoms with Crippen LogP contribution < -0.4 is 5.32 Å². The van der Waals surface area contributed by atoms with Crippen molar-refractivity contribution in [3.05, 3.63) is 18.2 Å². The standard InChI is InChI=1S/C13H23N3O2/c1-3-5-14-7-12-8-15-11-16(12)9-13(17-2)4-6-18-10-13/h8,11,14H,3-7,9-10H2,1-2H3. The van der Waals surface area contributed by atoms with Gasteiger partial charge in [-0.2, -0.15) is 0 Å². The van der Waals surface area contributed by atoms with Crippen molar-refractivity contribution in [2.75, 3.05) is 26.9 Å². The summed E-state index contributed by atoms with van der Waals surface area (Å²) in [6.45, 7) is 6.32. The van der Waals surface area contributed by atoms with Gasteiger partial charge >= 0.3 is 0 Å². The zero-order valence-electron chi connectivity index (χ0n) is 11.3. The Morgan fingerprint density at radius 2 is 2.50 bits per heavy atom. The van der Waals surface area contributed by atoms with Crippen molar-refractivity contribution >= 4 is 0 Å². The monoisotopic (exact) mass is 253 g/mol. The number of aromatic nitrogens is 2. The molecule has 0 amide bonds. The van der Waals surface area contributed by atoms with Gasteiger partial charge in [-0.3, -0.25) is 0 Å². The first-order valence-corrected chi connectivity index (χ1v) is 6.62. The van der Waals surface area contributed by atoms with Crippen LogP contribution >= 0.6 is 0 Å². The molecule has 5 heteroatoms. The molecule has 2 rings (SSSR count). The van der Waals surface area contributed by atoms with Crippen LogP contribution in [-0.4, -0.2) is 42.0 Å². The molecule has 0 bridgehead atoms. The highest BCUT2D eigenvalue weighted by atomic mass is 16.5. The summed E-state index contributed by atoms with van der Waals surface area (Å²) in [5, 5.41) is 3.40. The van der Waals surface area contributed by atoms with Gasteiger partial charge in [0.25, 0.3) is 0 Å². The van der Waals surface area contributed by atoms with Gasteiger partial charge in [-0.25, -0.2) is 4.98 Å². The molecule has 0 aromatic carbocycles. The molecule has 2 heterocycles. The van der Waals surface area contributed by atoms with Crippen molar-refractivity contribution in [1.82, 2.24) is 14.9 Å². The van der Waals surface area contributed by atoms with Gasteiger partial charge in [0.1, 0.15) is 5.60 Å². The normalized spacial score (nSPS) is 23.7. The lowest BCUT2D eigenvalue weighted by atomic mass is 10.0. The predicted octanol–water partition coefficient (Wildman–Crippen LogP) is 1.19. The summed E-state index contributed by atoms with van der Waals surface area (Å²) in [4.78, 5) is 4.23. The Morgan fingerprint density at radius 3 is 3.17 bits per heavy atom. The molecule has 5 nitrogen and oxygen atoms in total. The Bertz CT molecular complexity index is 359. The molecule has 0 aliphatic carbocycles. The minimum atomic E-state index is -0.180. The maximum atomic E-state index is 5.66. The number of nitrogens with one attached hydrogen (secondary N) is 1. The SMILES string of the molecule is CCCNCc1cncn1CC1(OC)CCOC1. The van der Waals surface area contributed by atoms with E-state index in [4.69, 9.17) is 9.47 Å². The first-order valence-electron chi connectivity index (χ1n) is 6.62. The van der Waals surface area contributed by atoms with Crippen LogP contribution in [0.1, 0.15) is 25.5 Å². The summed E-state index contributed by atoms with van der Waals surface area (Å²) in [5.41, 5.74) is 1.02. The average molecular weight is 253 g/mol. The largest absolute Gasteiger partial charge is 0.378 e. The van der Waals surface area contributed by atoms with Crippen molar-refractivity contribution in [2.45, 2.75) is 38.5 Å². The lowest BCUT2D eigenvalue weighted by molar-refractivity contribution is -0.0300. The maximum Gasteiger partial charge on any atom is 0.111 e. The van der Waals surface area contributed by atoms with Crippen LogP contribution in [0.2, 0.25) is 0 Å². The topological polar surface area (TPSA) is 48.3 Å². The third-order valence-electron chi connectivity index (χ3n) is 3.49. The molecule has 1 N–H and O–H groups in total. The molecule has 1 fully saturated rings. The highest BCUT2D eigenvalue weighted by Gasteiger charge is 2.35. The summed E-state index contributed by atoms with van der Waals surface area (Å²) in [6, 6.07) is 0. The molecule has 1 aromatic heterocycles. The molecule has 0 radical (unpaired) electrons. The molecule has 1 aromatic rings. The lowest BCUT2D eigenvalue weighted by Crippen LogP contribution is -2.37. The van der Waals surface area contributed by atoms with E-state index in [1.165, 1.54) is 5.69 Å². The van der Waals surface area contributed by atoms with Gasteiger partial charge in [0.05, 0.1) is 25.2 Å². The van der Waals surface area contributed by atoms with Crippen molar-refractivity contribution in [3.8, 4) is 0 Å². The number of nitrogens with zero attached hydrogens (tertiary/aromatic N) is 2. The molecule has 1 atom stereocenters. The van der Waals surface area contributed by atoms with Gasteiger partial charge in [0.15, 0.2) is 0 Å². The highest BCUT2D eigenvalue weighted by molar-refractivity contribution is 5.00. The molecule has 1 aliphatic rings. The molecule has 0 saturated carbocycles. The summed E-state index contributed by atoms with van der Waals surface area (Å²) >= 11 is 0. The van der Waals surface area contributed by atoms with E-state index in [0.717, 1.165) is 39.1 Å². The molecule has 1 aliphatic heterocycles. The van der Waals surface area contributed by atoms with Crippen LogP contribution in [0.25, 0.3) is 0 Å². The first kappa shape index (κ1) is 13.5. The molecule has 102 valence electrons. The van der Waals surface area contributed by atoms with Gasteiger partial charge in [0.2, 0.25) is 0 Å². The molecule has 1 unspecified atom stereocenters. The third kappa shape index (κ3) is 3.10. The third-order valence-corrected chi connectivity index (χ3v) is 3.49. The number of hydrogen-bond acceptors (Lipinski definition) is 4. The van der Waals surface area contributed by atoms with E-state index in [2.05, 4.69) is 21.8 Å². The fraction of sp³-hybridized carbons (Fsp3) is 0.769. The molecule has 18 heavy (non-hydrogen) atoms. The fourth-order valence-electron chi connectivity index (χ4n) is 2.28. The van der Waals surface area contributed by atoms with Crippen LogP contribution in [0, 0.1) is 0 Å². The fourth-order valence-corrected chi connectivity index (χ4v) is 2.28. The molecule has 0 spiro atoms. The smallest absolute Gasteiger partial charge is 0.111 e. The molecular weight excluding hydrogens is 230 g/mol. The van der Waals surface area contributed by atoms with Gasteiger partial charge in [-0.05, 0) is 13.0 Å². The maximum absolute atomic E-state index is 5.66. The lowest BCUT2D eigenvalue weighted by Gasteiger charge is -2.27. The minimum Gasteiger partial charge on any atom is -0.378 e. The number of imidazole rings is 1. The number of rotatable bonds is 7. The summed E-state index contributed by atoms with van der Waals surface area (Å²) in [7, 11) is 1.76. The predicted molar refractivity (Wildman–Crippen MR) is 69.4 cm³/mol. The summed E-state index contributed by atoms with van der Waals surface area (Å²) < 4.78 is 13.3. The Hall–Kier alpha value is -0.910. The second-order valence-corrected chi connectivity index (χ2v) is 4.88. The van der Waals surface area contributed by atoms with E-state index in [0.29, 0.717) is 6.61 Å². The summed E-state index contributed by atoms with van der Waals surface area (Å²) in [5.74, 6) is 0. The van der Waals surface area contributed by atoms with E-state index in [1.807, 2.05) is 12.5 Å². The average Bonchev–Trinajstić information content (AvgIpc) is 3.01. The Kier molecular flexibility index (Phi) is 4.74. The van der Waals surface area contributed by atoms with Gasteiger partial charge in [-0.15, -0.1) is 0 Å². The van der Waals surface area contributed by atoms with Crippen molar-refractivity contribution in [1.29, 1.82) is 0 Å². The second-order valence-electron chi connectivity index (χ2n) is 4.88. The quantitative estimate of drug-likeness (QED) is 0.742. The van der Waals surface area contributed by atoms with E-state index >= 15 is 0 Å². The van der Waals surface area contributed by atoms with Gasteiger partial charge in [0, 0.05) is 32.9 Å². The van der Waals surface area contributed by atoms with Crippen LogP contribution in [0.3, 0.4) is 0 Å². The van der Waals surface area contributed by atoms with Crippen LogP contribution in [-0.2, 0) is 22.6 Å². The highest BCUT2D eigenvalue weighted by Crippen LogP contribution is 2.25. The zero-order valence-corrected chi connectivity index (χ0v) is 11.3. The summed E-state index contributed by atoms with van der Waals surface area (Å²) in [6.07, 6.45) is 5.89. The Balaban J connectivity index is 1.98. The minimum absolute atomic E-state index is 0.180. The van der Waals surface area contributed by atoms with Crippen LogP contribution in [0.5, 0.6) is 0 Å². The van der Waals surface area contributed by atoms with Crippen molar-refractivity contribution in [2.24, 2.45) is 0 Å². The van der Waals surface area contributed by atoms with E-state index in [9.17, 15) is 0 Å². The van der Waals surface area contributed by atoms with Gasteiger partial charge in [-0.1, -0.05) is 6.92 Å². The van der Waals surface area contributed by atoms with Crippen molar-refractivity contribution in [3.63, 3.8) is 0 Å². The number of methoxy groups -OCH3 is 1. The van der Waals surface area contributed by atoms with Crippen LogP contribution in [0.15, 0.2) is 12.5 Å². The number of ether oxygens (including phenoxy) is 2. The van der Waals surface area contributed by atoms with Crippen LogP contribution in [0.4, 0.5) is 0 Å². The Labute approximate surface area is 108 Å². The second kappa shape index (κ2) is 6.31. The Morgan fingerprint density at radius 1 is 1.61 bits per heavy atom. The molecule has 1 saturated heterocycles. The first-order chi connectivity index (χ1) is 8.79. The van der Waals surface area contributed by atoms with E-state index in [1.54, 1.807) is 7.11 Å². The van der Waals surface area contributed by atoms with E-state index < -0.39 is 0 Å². The zero-order chi connectivity index (χ0) is 12.8. The van der Waals surface area contributed by atoms with Gasteiger partial charge < -0.3 is 19.4 Å². The van der Waals surface area contributed by atoms with Crippen molar-refractivity contribution < 1.29 is 9.47 Å². The molecular formula is C13H23N3O2. The number of hydrogen-bond donors (Lipinski definition) is 1.